The molecule has 0 spiro atoms. The van der Waals surface area contributed by atoms with Gasteiger partial charge >= 0.3 is 0 Å². The predicted octanol–water partition coefficient (Wildman–Crippen LogP) is 1.85. The zero-order valence-corrected chi connectivity index (χ0v) is 15.1. The van der Waals surface area contributed by atoms with Crippen LogP contribution in [0.15, 0.2) is 30.8 Å². The van der Waals surface area contributed by atoms with E-state index in [2.05, 4.69) is 47.7 Å². The van der Waals surface area contributed by atoms with Gasteiger partial charge in [0.1, 0.15) is 8.80 Å². The van der Waals surface area contributed by atoms with E-state index in [1.807, 2.05) is 13.2 Å². The van der Waals surface area contributed by atoms with E-state index in [9.17, 15) is 0 Å². The lowest BCUT2D eigenvalue weighted by atomic mass is 10.2. The quantitative estimate of drug-likeness (QED) is 0.681. The summed E-state index contributed by atoms with van der Waals surface area (Å²) in [7, 11) is 3.41. The van der Waals surface area contributed by atoms with Gasteiger partial charge in [0.25, 0.3) is 0 Å². The van der Waals surface area contributed by atoms with Crippen LogP contribution >= 0.6 is 0 Å². The Morgan fingerprint density at radius 2 is 2.05 bits per heavy atom. The van der Waals surface area contributed by atoms with Crippen molar-refractivity contribution >= 4 is 20.1 Å². The Balaban J connectivity index is 1.84. The Kier molecular flexibility index (Phi) is 7.32. The van der Waals surface area contributed by atoms with E-state index >= 15 is 0 Å². The fourth-order valence-electron chi connectivity index (χ4n) is 2.95. The molecule has 1 aliphatic rings. The highest BCUT2D eigenvalue weighted by atomic mass is 28.3. The fourth-order valence-corrected chi connectivity index (χ4v) is 5.18. The van der Waals surface area contributed by atoms with Gasteiger partial charge in [0.15, 0.2) is 0 Å². The van der Waals surface area contributed by atoms with Gasteiger partial charge < -0.3 is 14.5 Å². The van der Waals surface area contributed by atoms with Gasteiger partial charge in [-0.25, -0.2) is 0 Å². The van der Waals surface area contributed by atoms with Gasteiger partial charge in [-0.1, -0.05) is 48.2 Å². The molecule has 1 radical (unpaired) electrons. The number of rotatable bonds is 8. The van der Waals surface area contributed by atoms with Gasteiger partial charge in [0.2, 0.25) is 0 Å². The molecule has 0 N–H and O–H groups in total. The van der Waals surface area contributed by atoms with Crippen LogP contribution in [0.4, 0.5) is 0 Å². The zero-order chi connectivity index (χ0) is 15.8. The summed E-state index contributed by atoms with van der Waals surface area (Å²) >= 11 is 0. The molecular weight excluding hydrogens is 288 g/mol. The van der Waals surface area contributed by atoms with Gasteiger partial charge in [0, 0.05) is 39.5 Å². The van der Waals surface area contributed by atoms with Crippen LogP contribution < -0.4 is 5.19 Å². The Morgan fingerprint density at radius 3 is 2.73 bits per heavy atom. The van der Waals surface area contributed by atoms with E-state index in [4.69, 9.17) is 4.74 Å². The Labute approximate surface area is 137 Å². The lowest BCUT2D eigenvalue weighted by molar-refractivity contribution is 0.154. The summed E-state index contributed by atoms with van der Waals surface area (Å²) < 4.78 is 5.49. The Bertz CT molecular complexity index is 458. The van der Waals surface area contributed by atoms with Gasteiger partial charge in [0.05, 0.1) is 0 Å². The molecule has 1 aromatic rings. The third-order valence-electron chi connectivity index (χ3n) is 4.40. The molecule has 1 aromatic carbocycles. The molecule has 3 nitrogen and oxygen atoms in total. The second-order valence-electron chi connectivity index (χ2n) is 6.11. The maximum atomic E-state index is 5.49. The second-order valence-corrected chi connectivity index (χ2v) is 8.69. The topological polar surface area (TPSA) is 15.7 Å². The third kappa shape index (κ3) is 5.36. The van der Waals surface area contributed by atoms with Gasteiger partial charge in [-0.2, -0.15) is 0 Å². The van der Waals surface area contributed by atoms with E-state index in [1.54, 1.807) is 0 Å². The lowest BCUT2D eigenvalue weighted by Crippen LogP contribution is -2.45. The summed E-state index contributed by atoms with van der Waals surface area (Å²) in [6.07, 6.45) is 4.10. The summed E-state index contributed by atoms with van der Waals surface area (Å²) in [6.45, 7) is 9.95. The molecule has 0 unspecified atom stereocenters. The van der Waals surface area contributed by atoms with Gasteiger partial charge in [-0.15, -0.1) is 0 Å². The van der Waals surface area contributed by atoms with Crippen molar-refractivity contribution in [1.82, 2.24) is 9.80 Å². The lowest BCUT2D eigenvalue weighted by Gasteiger charge is -2.32. The molecule has 1 aliphatic heterocycles. The molecule has 1 saturated heterocycles. The number of benzene rings is 1. The van der Waals surface area contributed by atoms with E-state index in [1.165, 1.54) is 55.9 Å². The number of ether oxygens (including phenoxy) is 1. The molecule has 1 fully saturated rings. The first-order chi connectivity index (χ1) is 10.7. The summed E-state index contributed by atoms with van der Waals surface area (Å²) in [5, 5.41) is 1.47. The van der Waals surface area contributed by atoms with E-state index in [0.29, 0.717) is 0 Å². The van der Waals surface area contributed by atoms with Crippen molar-refractivity contribution < 1.29 is 4.74 Å². The zero-order valence-electron chi connectivity index (χ0n) is 14.1. The van der Waals surface area contributed by atoms with Crippen LogP contribution in [0.5, 0.6) is 0 Å². The number of methoxy groups -OCH3 is 1. The number of piperazine rings is 1. The van der Waals surface area contributed by atoms with Crippen molar-refractivity contribution in [3.8, 4) is 0 Å². The maximum absolute atomic E-state index is 5.49. The minimum Gasteiger partial charge on any atom is -0.388 e. The maximum Gasteiger partial charge on any atom is 0.117 e. The monoisotopic (exact) mass is 317 g/mol. The molecule has 0 aliphatic carbocycles. The first-order valence-electron chi connectivity index (χ1n) is 8.20. The van der Waals surface area contributed by atoms with Crippen LogP contribution in [-0.4, -0.2) is 71.7 Å². The SMILES string of the molecule is C=Cc1cccc([Si](CCCN2CCN(C)CC2)COC)c1. The van der Waals surface area contributed by atoms with E-state index in [0.717, 1.165) is 6.23 Å². The van der Waals surface area contributed by atoms with E-state index in [-0.39, 0.29) is 0 Å². The largest absolute Gasteiger partial charge is 0.388 e. The molecule has 22 heavy (non-hydrogen) atoms. The average Bonchev–Trinajstić information content (AvgIpc) is 2.56. The predicted molar refractivity (Wildman–Crippen MR) is 97.2 cm³/mol. The molecule has 0 amide bonds. The van der Waals surface area contributed by atoms with Gasteiger partial charge in [-0.3, -0.25) is 0 Å². The molecule has 4 heteroatoms. The molecule has 0 aromatic heterocycles. The summed E-state index contributed by atoms with van der Waals surface area (Å²) in [4.78, 5) is 5.02. The van der Waals surface area contributed by atoms with Crippen molar-refractivity contribution in [2.75, 3.05) is 53.1 Å². The molecule has 121 valence electrons. The van der Waals surface area contributed by atoms with Crippen molar-refractivity contribution in [3.05, 3.63) is 36.4 Å². The molecular formula is C18H29N2OSi. The van der Waals surface area contributed by atoms with Crippen molar-refractivity contribution in [1.29, 1.82) is 0 Å². The highest BCUT2D eigenvalue weighted by Gasteiger charge is 2.17. The Hall–Kier alpha value is -0.943. The summed E-state index contributed by atoms with van der Waals surface area (Å²) in [6, 6.07) is 10.1. The van der Waals surface area contributed by atoms with Crippen LogP contribution in [0.1, 0.15) is 12.0 Å². The highest BCUT2D eigenvalue weighted by Crippen LogP contribution is 2.07. The molecule has 0 atom stereocenters. The number of likely N-dealkylation sites (N-methyl/N-ethyl adjacent to an activating group) is 1. The molecule has 0 bridgehead atoms. The fraction of sp³-hybridized carbons (Fsp3) is 0.556. The third-order valence-corrected chi connectivity index (χ3v) is 7.12. The van der Waals surface area contributed by atoms with Crippen LogP contribution in [0.3, 0.4) is 0 Å². The number of hydrogen-bond acceptors (Lipinski definition) is 3. The first-order valence-corrected chi connectivity index (χ1v) is 10.1. The van der Waals surface area contributed by atoms with Crippen LogP contribution in [0.2, 0.25) is 6.04 Å². The molecule has 1 heterocycles. The van der Waals surface area contributed by atoms with Crippen LogP contribution in [0.25, 0.3) is 6.08 Å². The van der Waals surface area contributed by atoms with Crippen molar-refractivity contribution in [2.24, 2.45) is 0 Å². The normalized spacial score (nSPS) is 17.0. The second kappa shape index (κ2) is 9.25. The average molecular weight is 318 g/mol. The smallest absolute Gasteiger partial charge is 0.117 e. The van der Waals surface area contributed by atoms with Gasteiger partial charge in [-0.05, 0) is 25.6 Å². The minimum absolute atomic E-state index is 0.623. The summed E-state index contributed by atoms with van der Waals surface area (Å²) in [5.41, 5.74) is 1.22. The standard InChI is InChI=1S/C18H29N2OSi/c1-4-17-7-5-8-18(15-17)22(16-21-3)14-6-9-20-12-10-19(2)11-13-20/h4-5,7-8,15H,1,6,9-14,16H2,2-3H3. The van der Waals surface area contributed by atoms with Crippen LogP contribution in [0, 0.1) is 0 Å². The minimum atomic E-state index is -0.623. The van der Waals surface area contributed by atoms with Crippen molar-refractivity contribution in [3.63, 3.8) is 0 Å². The van der Waals surface area contributed by atoms with Crippen molar-refractivity contribution in [2.45, 2.75) is 12.5 Å². The van der Waals surface area contributed by atoms with E-state index < -0.39 is 8.80 Å². The summed E-state index contributed by atoms with van der Waals surface area (Å²) in [5.74, 6) is 0. The number of hydrogen-bond donors (Lipinski definition) is 0. The highest BCUT2D eigenvalue weighted by molar-refractivity contribution is 6.73. The molecule has 2 rings (SSSR count). The number of nitrogens with zero attached hydrogens (tertiary/aromatic N) is 2. The first kappa shape index (κ1) is 17.4. The van der Waals surface area contributed by atoms with Crippen LogP contribution in [-0.2, 0) is 4.74 Å². The molecule has 0 saturated carbocycles. The Morgan fingerprint density at radius 1 is 1.27 bits per heavy atom.